The van der Waals surface area contributed by atoms with E-state index < -0.39 is 0 Å². The van der Waals surface area contributed by atoms with Crippen LogP contribution in [0.15, 0.2) is 24.3 Å². The Morgan fingerprint density at radius 3 is 2.94 bits per heavy atom. The van der Waals surface area contributed by atoms with E-state index in [2.05, 4.69) is 17.4 Å². The predicted octanol–water partition coefficient (Wildman–Crippen LogP) is 2.92. The van der Waals surface area contributed by atoms with Crippen LogP contribution in [0.25, 0.3) is 0 Å². The van der Waals surface area contributed by atoms with Gasteiger partial charge in [0.1, 0.15) is 5.75 Å². The molecular formula is C14H21NO2. The van der Waals surface area contributed by atoms with Gasteiger partial charge in [-0.25, -0.2) is 0 Å². The average Bonchev–Trinajstić information content (AvgIpc) is 2.39. The zero-order valence-electron chi connectivity index (χ0n) is 10.4. The maximum Gasteiger partial charge on any atom is 0.121 e. The van der Waals surface area contributed by atoms with Crippen molar-refractivity contribution in [3.05, 3.63) is 24.3 Å². The van der Waals surface area contributed by atoms with Crippen molar-refractivity contribution in [3.63, 3.8) is 0 Å². The van der Waals surface area contributed by atoms with Crippen molar-refractivity contribution in [2.75, 3.05) is 31.7 Å². The fraction of sp³-hybridized carbons (Fsp3) is 0.571. The first-order valence-electron chi connectivity index (χ1n) is 6.43. The fourth-order valence-corrected chi connectivity index (χ4v) is 2.08. The molecule has 1 heterocycles. The van der Waals surface area contributed by atoms with Crippen molar-refractivity contribution in [1.82, 2.24) is 0 Å². The molecule has 3 nitrogen and oxygen atoms in total. The van der Waals surface area contributed by atoms with Crippen molar-refractivity contribution >= 4 is 5.69 Å². The van der Waals surface area contributed by atoms with Gasteiger partial charge in [-0.15, -0.1) is 0 Å². The summed E-state index contributed by atoms with van der Waals surface area (Å²) >= 11 is 0. The molecule has 0 spiro atoms. The van der Waals surface area contributed by atoms with Gasteiger partial charge in [-0.05, 0) is 37.8 Å². The Kier molecular flexibility index (Phi) is 4.68. The topological polar surface area (TPSA) is 30.5 Å². The zero-order valence-corrected chi connectivity index (χ0v) is 10.4. The zero-order chi connectivity index (χ0) is 11.9. The summed E-state index contributed by atoms with van der Waals surface area (Å²) in [5.74, 6) is 1.67. The van der Waals surface area contributed by atoms with Gasteiger partial charge in [0.25, 0.3) is 0 Å². The lowest BCUT2D eigenvalue weighted by atomic mass is 10.0. The minimum atomic E-state index is 0.712. The first-order valence-corrected chi connectivity index (χ1v) is 6.43. The Hall–Kier alpha value is -1.22. The number of ether oxygens (including phenoxy) is 2. The van der Waals surface area contributed by atoms with E-state index in [1.165, 1.54) is 0 Å². The second kappa shape index (κ2) is 6.50. The van der Waals surface area contributed by atoms with Gasteiger partial charge >= 0.3 is 0 Å². The van der Waals surface area contributed by atoms with Gasteiger partial charge in [-0.1, -0.05) is 6.07 Å². The molecule has 0 unspecified atom stereocenters. The molecule has 17 heavy (non-hydrogen) atoms. The standard InChI is InChI=1S/C14H21NO2/c1-2-17-14-5-3-4-13(10-14)15-11-12-6-8-16-9-7-12/h3-5,10,12,15H,2,6-9,11H2,1H3. The normalized spacial score (nSPS) is 16.8. The van der Waals surface area contributed by atoms with Crippen LogP contribution in [-0.2, 0) is 4.74 Å². The van der Waals surface area contributed by atoms with Crippen molar-refractivity contribution in [2.45, 2.75) is 19.8 Å². The monoisotopic (exact) mass is 235 g/mol. The van der Waals surface area contributed by atoms with E-state index in [1.807, 2.05) is 19.1 Å². The van der Waals surface area contributed by atoms with Crippen molar-refractivity contribution in [2.24, 2.45) is 5.92 Å². The van der Waals surface area contributed by atoms with Gasteiger partial charge in [0.15, 0.2) is 0 Å². The van der Waals surface area contributed by atoms with E-state index in [0.29, 0.717) is 6.61 Å². The smallest absolute Gasteiger partial charge is 0.121 e. The Morgan fingerprint density at radius 2 is 2.18 bits per heavy atom. The minimum Gasteiger partial charge on any atom is -0.494 e. The van der Waals surface area contributed by atoms with Gasteiger partial charge in [0.05, 0.1) is 6.61 Å². The third kappa shape index (κ3) is 3.93. The predicted molar refractivity (Wildman–Crippen MR) is 69.6 cm³/mol. The third-order valence-electron chi connectivity index (χ3n) is 3.08. The number of rotatable bonds is 5. The fourth-order valence-electron chi connectivity index (χ4n) is 2.08. The van der Waals surface area contributed by atoms with Gasteiger partial charge in [-0.3, -0.25) is 0 Å². The minimum absolute atomic E-state index is 0.712. The summed E-state index contributed by atoms with van der Waals surface area (Å²) in [6, 6.07) is 8.16. The molecule has 2 rings (SSSR count). The van der Waals surface area contributed by atoms with Crippen LogP contribution >= 0.6 is 0 Å². The molecule has 1 aromatic carbocycles. The van der Waals surface area contributed by atoms with Crippen LogP contribution in [0.4, 0.5) is 5.69 Å². The largest absolute Gasteiger partial charge is 0.494 e. The molecule has 1 N–H and O–H groups in total. The summed E-state index contributed by atoms with van der Waals surface area (Å²) in [5.41, 5.74) is 1.14. The maximum absolute atomic E-state index is 5.48. The highest BCUT2D eigenvalue weighted by Gasteiger charge is 2.13. The van der Waals surface area contributed by atoms with E-state index >= 15 is 0 Å². The lowest BCUT2D eigenvalue weighted by Crippen LogP contribution is -2.22. The van der Waals surface area contributed by atoms with E-state index in [9.17, 15) is 0 Å². The molecule has 3 heteroatoms. The molecule has 94 valence electrons. The van der Waals surface area contributed by atoms with Gasteiger partial charge < -0.3 is 14.8 Å². The van der Waals surface area contributed by atoms with Crippen LogP contribution in [0.5, 0.6) is 5.75 Å². The summed E-state index contributed by atoms with van der Waals surface area (Å²) in [6.07, 6.45) is 2.33. The molecule has 0 radical (unpaired) electrons. The number of hydrogen-bond acceptors (Lipinski definition) is 3. The second-order valence-corrected chi connectivity index (χ2v) is 4.40. The van der Waals surface area contributed by atoms with Crippen molar-refractivity contribution < 1.29 is 9.47 Å². The summed E-state index contributed by atoms with van der Waals surface area (Å²) in [7, 11) is 0. The summed E-state index contributed by atoms with van der Waals surface area (Å²) in [6.45, 7) is 5.56. The van der Waals surface area contributed by atoms with Crippen LogP contribution in [0, 0.1) is 5.92 Å². The van der Waals surface area contributed by atoms with Gasteiger partial charge in [0, 0.05) is 31.5 Å². The number of benzene rings is 1. The number of hydrogen-bond donors (Lipinski definition) is 1. The Labute approximate surface area is 103 Å². The second-order valence-electron chi connectivity index (χ2n) is 4.40. The first-order chi connectivity index (χ1) is 8.38. The molecule has 1 fully saturated rings. The molecule has 0 atom stereocenters. The molecular weight excluding hydrogens is 214 g/mol. The lowest BCUT2D eigenvalue weighted by Gasteiger charge is -2.22. The molecule has 0 aromatic heterocycles. The highest BCUT2D eigenvalue weighted by atomic mass is 16.5. The lowest BCUT2D eigenvalue weighted by molar-refractivity contribution is 0.0699. The van der Waals surface area contributed by atoms with Crippen LogP contribution < -0.4 is 10.1 Å². The van der Waals surface area contributed by atoms with Gasteiger partial charge in [-0.2, -0.15) is 0 Å². The van der Waals surface area contributed by atoms with Crippen LogP contribution in [-0.4, -0.2) is 26.4 Å². The average molecular weight is 235 g/mol. The first kappa shape index (κ1) is 12.2. The van der Waals surface area contributed by atoms with Crippen molar-refractivity contribution in [3.8, 4) is 5.75 Å². The number of nitrogens with one attached hydrogen (secondary N) is 1. The molecule has 1 saturated heterocycles. The molecule has 1 aliphatic heterocycles. The van der Waals surface area contributed by atoms with E-state index in [1.54, 1.807) is 0 Å². The van der Waals surface area contributed by atoms with Crippen LogP contribution in [0.3, 0.4) is 0 Å². The Balaban J connectivity index is 1.83. The van der Waals surface area contributed by atoms with Crippen LogP contribution in [0.2, 0.25) is 0 Å². The summed E-state index contributed by atoms with van der Waals surface area (Å²) in [4.78, 5) is 0. The number of anilines is 1. The quantitative estimate of drug-likeness (QED) is 0.851. The van der Waals surface area contributed by atoms with E-state index in [-0.39, 0.29) is 0 Å². The van der Waals surface area contributed by atoms with E-state index in [0.717, 1.165) is 50.0 Å². The molecule has 0 bridgehead atoms. The third-order valence-corrected chi connectivity index (χ3v) is 3.08. The summed E-state index contributed by atoms with van der Waals surface area (Å²) in [5, 5.41) is 3.48. The molecule has 1 aliphatic rings. The summed E-state index contributed by atoms with van der Waals surface area (Å²) < 4.78 is 10.8. The Bertz CT molecular complexity index is 335. The molecule has 1 aromatic rings. The SMILES string of the molecule is CCOc1cccc(NCC2CCOCC2)c1. The van der Waals surface area contributed by atoms with Crippen LogP contribution in [0.1, 0.15) is 19.8 Å². The maximum atomic E-state index is 5.48. The highest BCUT2D eigenvalue weighted by molar-refractivity contribution is 5.48. The van der Waals surface area contributed by atoms with Crippen molar-refractivity contribution in [1.29, 1.82) is 0 Å². The molecule has 0 aliphatic carbocycles. The highest BCUT2D eigenvalue weighted by Crippen LogP contribution is 2.19. The van der Waals surface area contributed by atoms with E-state index in [4.69, 9.17) is 9.47 Å². The molecule has 0 amide bonds. The molecule has 0 saturated carbocycles. The Morgan fingerprint density at radius 1 is 1.35 bits per heavy atom. The van der Waals surface area contributed by atoms with Gasteiger partial charge in [0.2, 0.25) is 0 Å².